The number of aliphatic hydroxyl groups excluding tert-OH is 1. The van der Waals surface area contributed by atoms with Gasteiger partial charge in [-0.15, -0.1) is 0 Å². The zero-order valence-electron chi connectivity index (χ0n) is 7.73. The molecule has 1 heterocycles. The van der Waals surface area contributed by atoms with E-state index in [9.17, 15) is 19.5 Å². The van der Waals surface area contributed by atoms with Crippen molar-refractivity contribution in [1.29, 1.82) is 0 Å². The van der Waals surface area contributed by atoms with Gasteiger partial charge in [-0.1, -0.05) is 15.9 Å². The lowest BCUT2D eigenvalue weighted by atomic mass is 10.1. The molecule has 0 aromatic rings. The van der Waals surface area contributed by atoms with E-state index in [1.165, 1.54) is 6.92 Å². The molecule has 15 heavy (non-hydrogen) atoms. The number of aliphatic carboxylic acids is 1. The summed E-state index contributed by atoms with van der Waals surface area (Å²) >= 11 is 2.93. The average Bonchev–Trinajstić information content (AvgIpc) is 2.10. The quantitative estimate of drug-likeness (QED) is 0.568. The average molecular weight is 281 g/mol. The summed E-state index contributed by atoms with van der Waals surface area (Å²) in [6, 6.07) is -0.924. The summed E-state index contributed by atoms with van der Waals surface area (Å²) in [6.45, 7) is 0.662. The number of carboxylic acid groups (broad SMARTS) is 1. The largest absolute Gasteiger partial charge is 0.480 e. The number of rotatable bonds is 2. The minimum absolute atomic E-state index is 0.651. The van der Waals surface area contributed by atoms with Crippen molar-refractivity contribution in [2.45, 2.75) is 17.5 Å². The summed E-state index contributed by atoms with van der Waals surface area (Å²) in [5.41, 5.74) is 0. The molecule has 1 saturated heterocycles. The van der Waals surface area contributed by atoms with E-state index in [0.29, 0.717) is 4.90 Å². The smallest absolute Gasteiger partial charge is 0.326 e. The minimum atomic E-state index is -1.52. The van der Waals surface area contributed by atoms with Crippen LogP contribution in [-0.2, 0) is 9.59 Å². The molecule has 0 bridgehead atoms. The SMILES string of the molecule is CC1(Br)C(=O)NC(=O)N(CC(=O)O)C1O. The van der Waals surface area contributed by atoms with E-state index in [2.05, 4.69) is 15.9 Å². The van der Waals surface area contributed by atoms with Crippen LogP contribution in [-0.4, -0.2) is 50.1 Å². The first-order valence-electron chi connectivity index (χ1n) is 3.97. The highest BCUT2D eigenvalue weighted by atomic mass is 79.9. The summed E-state index contributed by atoms with van der Waals surface area (Å²) < 4.78 is -1.41. The van der Waals surface area contributed by atoms with Crippen molar-refractivity contribution in [2.75, 3.05) is 6.54 Å². The molecule has 2 atom stereocenters. The fourth-order valence-electron chi connectivity index (χ4n) is 1.12. The van der Waals surface area contributed by atoms with Gasteiger partial charge in [0.1, 0.15) is 10.9 Å². The monoisotopic (exact) mass is 280 g/mol. The van der Waals surface area contributed by atoms with Gasteiger partial charge in [-0.05, 0) is 6.92 Å². The molecule has 0 aromatic carbocycles. The summed E-state index contributed by atoms with van der Waals surface area (Å²) in [6.07, 6.45) is -1.52. The summed E-state index contributed by atoms with van der Waals surface area (Å²) in [5.74, 6) is -1.98. The summed E-state index contributed by atoms with van der Waals surface area (Å²) in [5, 5.41) is 20.1. The maximum atomic E-state index is 11.3. The molecule has 1 fully saturated rings. The lowest BCUT2D eigenvalue weighted by Crippen LogP contribution is -2.67. The number of alkyl halides is 1. The molecular formula is C7H9BrN2O5. The van der Waals surface area contributed by atoms with Crippen LogP contribution in [0.2, 0.25) is 0 Å². The fourth-order valence-corrected chi connectivity index (χ4v) is 1.46. The third-order valence-corrected chi connectivity index (χ3v) is 2.78. The fraction of sp³-hybridized carbons (Fsp3) is 0.571. The number of carbonyl (C=O) groups is 3. The van der Waals surface area contributed by atoms with Crippen LogP contribution >= 0.6 is 15.9 Å². The van der Waals surface area contributed by atoms with E-state index < -0.39 is 35.0 Å². The molecule has 1 rings (SSSR count). The van der Waals surface area contributed by atoms with Gasteiger partial charge in [0.15, 0.2) is 6.23 Å². The van der Waals surface area contributed by atoms with Gasteiger partial charge < -0.3 is 10.2 Å². The van der Waals surface area contributed by atoms with Crippen molar-refractivity contribution >= 4 is 33.8 Å². The molecule has 1 aliphatic rings. The Balaban J connectivity index is 2.93. The third-order valence-electron chi connectivity index (χ3n) is 2.01. The van der Waals surface area contributed by atoms with Gasteiger partial charge in [0.2, 0.25) is 5.91 Å². The van der Waals surface area contributed by atoms with Crippen LogP contribution in [0, 0.1) is 0 Å². The minimum Gasteiger partial charge on any atom is -0.480 e. The molecule has 84 valence electrons. The molecule has 1 aliphatic heterocycles. The van der Waals surface area contributed by atoms with E-state index in [-0.39, 0.29) is 0 Å². The van der Waals surface area contributed by atoms with Gasteiger partial charge in [0.05, 0.1) is 0 Å². The molecular weight excluding hydrogens is 272 g/mol. The number of imide groups is 1. The lowest BCUT2D eigenvalue weighted by Gasteiger charge is -2.39. The Bertz CT molecular complexity index is 329. The van der Waals surface area contributed by atoms with E-state index in [0.717, 1.165) is 0 Å². The second-order valence-electron chi connectivity index (χ2n) is 3.23. The molecule has 3 N–H and O–H groups in total. The first kappa shape index (κ1) is 11.9. The van der Waals surface area contributed by atoms with E-state index in [1.807, 2.05) is 5.32 Å². The Morgan fingerprint density at radius 1 is 1.67 bits per heavy atom. The second-order valence-corrected chi connectivity index (χ2v) is 4.88. The topological polar surface area (TPSA) is 107 Å². The first-order valence-corrected chi connectivity index (χ1v) is 4.77. The van der Waals surface area contributed by atoms with Gasteiger partial charge in [0, 0.05) is 0 Å². The number of halogens is 1. The highest BCUT2D eigenvalue weighted by molar-refractivity contribution is 9.10. The molecule has 0 aromatic heterocycles. The van der Waals surface area contributed by atoms with Crippen LogP contribution in [0.1, 0.15) is 6.92 Å². The Morgan fingerprint density at radius 3 is 2.67 bits per heavy atom. The van der Waals surface area contributed by atoms with Crippen molar-refractivity contribution in [3.8, 4) is 0 Å². The predicted molar refractivity (Wildman–Crippen MR) is 51.2 cm³/mol. The highest BCUT2D eigenvalue weighted by Crippen LogP contribution is 2.28. The van der Waals surface area contributed by atoms with Crippen LogP contribution in [0.15, 0.2) is 0 Å². The van der Waals surface area contributed by atoms with Crippen LogP contribution in [0.4, 0.5) is 4.79 Å². The summed E-state index contributed by atoms with van der Waals surface area (Å²) in [7, 11) is 0. The Morgan fingerprint density at radius 2 is 2.20 bits per heavy atom. The molecule has 0 spiro atoms. The molecule has 3 amide bonds. The number of nitrogens with one attached hydrogen (secondary N) is 1. The number of urea groups is 1. The van der Waals surface area contributed by atoms with Crippen molar-refractivity contribution in [3.05, 3.63) is 0 Å². The number of hydrogen-bond acceptors (Lipinski definition) is 4. The van der Waals surface area contributed by atoms with Gasteiger partial charge in [-0.3, -0.25) is 19.8 Å². The summed E-state index contributed by atoms with van der Waals surface area (Å²) in [4.78, 5) is 33.5. The Kier molecular flexibility index (Phi) is 3.00. The van der Waals surface area contributed by atoms with Gasteiger partial charge in [0.25, 0.3) is 0 Å². The first-order chi connectivity index (χ1) is 6.76. The molecule has 0 radical (unpaired) electrons. The molecule has 8 heteroatoms. The van der Waals surface area contributed by atoms with Gasteiger partial charge in [-0.2, -0.15) is 0 Å². The zero-order valence-corrected chi connectivity index (χ0v) is 9.31. The number of carbonyl (C=O) groups excluding carboxylic acids is 2. The predicted octanol–water partition coefficient (Wildman–Crippen LogP) is -0.905. The molecule has 2 unspecified atom stereocenters. The molecule has 7 nitrogen and oxygen atoms in total. The standard InChI is InChI=1S/C7H9BrN2O5/c1-7(8)4(13)9-6(15)10(5(7)14)2-3(11)12/h5,14H,2H2,1H3,(H,11,12)(H,9,13,15). The van der Waals surface area contributed by atoms with Crippen molar-refractivity contribution < 1.29 is 24.6 Å². The van der Waals surface area contributed by atoms with Crippen LogP contribution in [0.25, 0.3) is 0 Å². The van der Waals surface area contributed by atoms with E-state index in [1.54, 1.807) is 0 Å². The van der Waals surface area contributed by atoms with Crippen molar-refractivity contribution in [3.63, 3.8) is 0 Å². The Hall–Kier alpha value is -1.15. The second kappa shape index (κ2) is 3.78. The molecule has 0 saturated carbocycles. The number of carboxylic acids is 1. The molecule has 0 aliphatic carbocycles. The maximum Gasteiger partial charge on any atom is 0.326 e. The van der Waals surface area contributed by atoms with E-state index in [4.69, 9.17) is 5.11 Å². The number of hydrogen-bond donors (Lipinski definition) is 3. The lowest BCUT2D eigenvalue weighted by molar-refractivity contribution is -0.144. The number of aliphatic hydroxyl groups is 1. The third kappa shape index (κ3) is 2.10. The van der Waals surface area contributed by atoms with Crippen LogP contribution in [0.5, 0.6) is 0 Å². The maximum absolute atomic E-state index is 11.3. The highest BCUT2D eigenvalue weighted by Gasteiger charge is 2.48. The van der Waals surface area contributed by atoms with Crippen LogP contribution < -0.4 is 5.32 Å². The van der Waals surface area contributed by atoms with Crippen molar-refractivity contribution in [1.82, 2.24) is 10.2 Å². The zero-order chi connectivity index (χ0) is 11.8. The number of nitrogens with zero attached hydrogens (tertiary/aromatic N) is 1. The number of amides is 3. The Labute approximate surface area is 93.2 Å². The van der Waals surface area contributed by atoms with E-state index >= 15 is 0 Å². The normalized spacial score (nSPS) is 31.4. The van der Waals surface area contributed by atoms with Gasteiger partial charge >= 0.3 is 12.0 Å². The van der Waals surface area contributed by atoms with Crippen molar-refractivity contribution in [2.24, 2.45) is 0 Å². The van der Waals surface area contributed by atoms with Gasteiger partial charge in [-0.25, -0.2) is 4.79 Å². The van der Waals surface area contributed by atoms with Crippen LogP contribution in [0.3, 0.4) is 0 Å².